The third kappa shape index (κ3) is 3.17. The summed E-state index contributed by atoms with van der Waals surface area (Å²) in [6.07, 6.45) is 0.464. The molecule has 0 amide bonds. The molecule has 0 atom stereocenters. The first-order valence-corrected chi connectivity index (χ1v) is 7.04. The van der Waals surface area contributed by atoms with E-state index in [0.29, 0.717) is 24.0 Å². The number of nitrogens with zero attached hydrogens (tertiary/aromatic N) is 4. The second-order valence-corrected chi connectivity index (χ2v) is 5.47. The molecule has 20 heavy (non-hydrogen) atoms. The fourth-order valence-corrected chi connectivity index (χ4v) is 2.40. The molecule has 0 radical (unpaired) electrons. The molecular weight excluding hydrogens is 272 g/mol. The number of rotatable bonds is 5. The molecule has 0 aliphatic heterocycles. The minimum absolute atomic E-state index is 0.411. The Kier molecular flexibility index (Phi) is 4.75. The van der Waals surface area contributed by atoms with Crippen molar-refractivity contribution >= 4 is 28.2 Å². The Morgan fingerprint density at radius 3 is 2.60 bits per heavy atom. The molecule has 0 aliphatic rings. The van der Waals surface area contributed by atoms with E-state index in [0.717, 1.165) is 23.1 Å². The lowest BCUT2D eigenvalue weighted by Gasteiger charge is -2.25. The zero-order valence-electron chi connectivity index (χ0n) is 11.7. The first-order chi connectivity index (χ1) is 9.63. The second-order valence-electron chi connectivity index (χ2n) is 5.11. The van der Waals surface area contributed by atoms with E-state index in [1.54, 1.807) is 0 Å². The lowest BCUT2D eigenvalue weighted by atomic mass is 10.1. The highest BCUT2D eigenvalue weighted by Gasteiger charge is 2.15. The van der Waals surface area contributed by atoms with Crippen LogP contribution in [-0.4, -0.2) is 23.3 Å². The van der Waals surface area contributed by atoms with Gasteiger partial charge in [0.15, 0.2) is 11.0 Å². The summed E-state index contributed by atoms with van der Waals surface area (Å²) in [4.78, 5) is 2.11. The molecule has 2 aromatic rings. The molecule has 5 heteroatoms. The minimum Gasteiger partial charge on any atom is -0.353 e. The van der Waals surface area contributed by atoms with Crippen LogP contribution in [-0.2, 0) is 0 Å². The Balaban J connectivity index is 2.47. The highest BCUT2D eigenvalue weighted by atomic mass is 35.5. The fraction of sp³-hybridized carbons (Fsp3) is 0.400. The summed E-state index contributed by atoms with van der Waals surface area (Å²) < 4.78 is 0. The number of aromatic nitrogens is 2. The quantitative estimate of drug-likeness (QED) is 0.842. The van der Waals surface area contributed by atoms with E-state index in [2.05, 4.69) is 35.0 Å². The van der Waals surface area contributed by atoms with Crippen LogP contribution in [0.4, 0.5) is 5.82 Å². The van der Waals surface area contributed by atoms with Gasteiger partial charge in [-0.15, -0.1) is 10.2 Å². The Morgan fingerprint density at radius 1 is 1.25 bits per heavy atom. The SMILES string of the molecule is CC(C)CN(CCC#N)c1nnc(Cl)c2ccccc12. The Bertz CT molecular complexity index is 633. The van der Waals surface area contributed by atoms with Crippen molar-refractivity contribution in [1.82, 2.24) is 10.2 Å². The molecule has 1 aromatic heterocycles. The largest absolute Gasteiger partial charge is 0.353 e. The molecule has 0 saturated heterocycles. The molecular formula is C15H17ClN4. The summed E-state index contributed by atoms with van der Waals surface area (Å²) >= 11 is 6.10. The van der Waals surface area contributed by atoms with Gasteiger partial charge in [-0.3, -0.25) is 0 Å². The third-order valence-electron chi connectivity index (χ3n) is 3.00. The molecule has 0 bridgehead atoms. The molecule has 0 spiro atoms. The van der Waals surface area contributed by atoms with Gasteiger partial charge in [0.1, 0.15) is 0 Å². The number of benzene rings is 1. The molecule has 1 aromatic carbocycles. The summed E-state index contributed by atoms with van der Waals surface area (Å²) in [6, 6.07) is 10.0. The van der Waals surface area contributed by atoms with E-state index in [-0.39, 0.29) is 0 Å². The van der Waals surface area contributed by atoms with Crippen LogP contribution in [0.3, 0.4) is 0 Å². The monoisotopic (exact) mass is 288 g/mol. The number of hydrogen-bond donors (Lipinski definition) is 0. The number of hydrogen-bond acceptors (Lipinski definition) is 4. The zero-order chi connectivity index (χ0) is 14.5. The first-order valence-electron chi connectivity index (χ1n) is 6.66. The van der Waals surface area contributed by atoms with Gasteiger partial charge in [-0.05, 0) is 5.92 Å². The van der Waals surface area contributed by atoms with Crippen LogP contribution in [0, 0.1) is 17.2 Å². The predicted octanol–water partition coefficient (Wildman–Crippen LogP) is 3.66. The Hall–Kier alpha value is -1.86. The smallest absolute Gasteiger partial charge is 0.159 e. The van der Waals surface area contributed by atoms with E-state index in [9.17, 15) is 0 Å². The van der Waals surface area contributed by atoms with E-state index in [4.69, 9.17) is 16.9 Å². The molecule has 104 valence electrons. The maximum absolute atomic E-state index is 8.82. The Morgan fingerprint density at radius 2 is 1.95 bits per heavy atom. The molecule has 1 heterocycles. The number of fused-ring (bicyclic) bond motifs is 1. The second kappa shape index (κ2) is 6.53. The van der Waals surface area contributed by atoms with Crippen molar-refractivity contribution in [2.45, 2.75) is 20.3 Å². The van der Waals surface area contributed by atoms with E-state index < -0.39 is 0 Å². The average Bonchev–Trinajstić information content (AvgIpc) is 2.44. The van der Waals surface area contributed by atoms with Gasteiger partial charge in [0, 0.05) is 23.9 Å². The highest BCUT2D eigenvalue weighted by molar-refractivity contribution is 6.34. The third-order valence-corrected chi connectivity index (χ3v) is 3.28. The number of anilines is 1. The van der Waals surface area contributed by atoms with E-state index >= 15 is 0 Å². The maximum atomic E-state index is 8.82. The van der Waals surface area contributed by atoms with Crippen molar-refractivity contribution < 1.29 is 0 Å². The van der Waals surface area contributed by atoms with Crippen LogP contribution in [0.1, 0.15) is 20.3 Å². The summed E-state index contributed by atoms with van der Waals surface area (Å²) in [5.41, 5.74) is 0. The molecule has 4 nitrogen and oxygen atoms in total. The van der Waals surface area contributed by atoms with Gasteiger partial charge in [0.2, 0.25) is 0 Å². The van der Waals surface area contributed by atoms with Crippen LogP contribution in [0.2, 0.25) is 5.15 Å². The molecule has 2 rings (SSSR count). The van der Waals surface area contributed by atoms with Crippen LogP contribution >= 0.6 is 11.6 Å². The molecule has 0 aliphatic carbocycles. The maximum Gasteiger partial charge on any atom is 0.159 e. The van der Waals surface area contributed by atoms with Gasteiger partial charge in [0.05, 0.1) is 12.5 Å². The average molecular weight is 289 g/mol. The van der Waals surface area contributed by atoms with Crippen molar-refractivity contribution in [2.24, 2.45) is 5.92 Å². The summed E-state index contributed by atoms with van der Waals surface area (Å²) in [6.45, 7) is 5.77. The lowest BCUT2D eigenvalue weighted by Crippen LogP contribution is -2.29. The van der Waals surface area contributed by atoms with Crippen molar-refractivity contribution in [2.75, 3.05) is 18.0 Å². The zero-order valence-corrected chi connectivity index (χ0v) is 12.4. The summed E-state index contributed by atoms with van der Waals surface area (Å²) in [7, 11) is 0. The molecule has 0 N–H and O–H groups in total. The van der Waals surface area contributed by atoms with Crippen LogP contribution < -0.4 is 4.90 Å². The predicted molar refractivity (Wildman–Crippen MR) is 81.8 cm³/mol. The van der Waals surface area contributed by atoms with Crippen LogP contribution in [0.15, 0.2) is 24.3 Å². The minimum atomic E-state index is 0.411. The van der Waals surface area contributed by atoms with Crippen molar-refractivity contribution in [3.63, 3.8) is 0 Å². The van der Waals surface area contributed by atoms with Crippen LogP contribution in [0.25, 0.3) is 10.8 Å². The van der Waals surface area contributed by atoms with Gasteiger partial charge in [-0.25, -0.2) is 0 Å². The Labute approximate surface area is 124 Å². The fourth-order valence-electron chi connectivity index (χ4n) is 2.20. The van der Waals surface area contributed by atoms with E-state index in [1.165, 1.54) is 0 Å². The standard InChI is InChI=1S/C15H17ClN4/c1-11(2)10-20(9-5-8-17)15-13-7-4-3-6-12(13)14(16)18-19-15/h3-4,6-7,11H,5,9-10H2,1-2H3. The topological polar surface area (TPSA) is 52.8 Å². The number of nitriles is 1. The van der Waals surface area contributed by atoms with Crippen molar-refractivity contribution in [3.8, 4) is 6.07 Å². The molecule has 0 fully saturated rings. The summed E-state index contributed by atoms with van der Waals surface area (Å²) in [5.74, 6) is 1.28. The first kappa shape index (κ1) is 14.5. The van der Waals surface area contributed by atoms with E-state index in [1.807, 2.05) is 24.3 Å². The highest BCUT2D eigenvalue weighted by Crippen LogP contribution is 2.28. The van der Waals surface area contributed by atoms with Crippen LogP contribution in [0.5, 0.6) is 0 Å². The normalized spacial score (nSPS) is 10.8. The van der Waals surface area contributed by atoms with Gasteiger partial charge in [0.25, 0.3) is 0 Å². The number of halogens is 1. The molecule has 0 saturated carbocycles. The molecule has 0 unspecified atom stereocenters. The van der Waals surface area contributed by atoms with Gasteiger partial charge < -0.3 is 4.90 Å². The van der Waals surface area contributed by atoms with Gasteiger partial charge in [-0.2, -0.15) is 5.26 Å². The van der Waals surface area contributed by atoms with Gasteiger partial charge in [-0.1, -0.05) is 49.7 Å². The van der Waals surface area contributed by atoms with Crippen molar-refractivity contribution in [3.05, 3.63) is 29.4 Å². The summed E-state index contributed by atoms with van der Waals surface area (Å²) in [5, 5.41) is 19.4. The lowest BCUT2D eigenvalue weighted by molar-refractivity contribution is 0.607. The van der Waals surface area contributed by atoms with Crippen molar-refractivity contribution in [1.29, 1.82) is 5.26 Å². The van der Waals surface area contributed by atoms with Gasteiger partial charge >= 0.3 is 0 Å².